The summed E-state index contributed by atoms with van der Waals surface area (Å²) >= 11 is 17.8. The normalized spacial score (nSPS) is 10.8. The van der Waals surface area contributed by atoms with E-state index < -0.39 is 6.09 Å². The van der Waals surface area contributed by atoms with E-state index in [4.69, 9.17) is 44.3 Å². The van der Waals surface area contributed by atoms with Crippen molar-refractivity contribution >= 4 is 58.5 Å². The quantitative estimate of drug-likeness (QED) is 0.426. The third-order valence-electron chi connectivity index (χ3n) is 3.73. The first-order valence-electron chi connectivity index (χ1n) is 8.36. The van der Waals surface area contributed by atoms with E-state index in [9.17, 15) is 4.79 Å². The van der Waals surface area contributed by atoms with Gasteiger partial charge in [0.15, 0.2) is 11.5 Å². The highest BCUT2D eigenvalue weighted by Crippen LogP contribution is 2.29. The zero-order valence-electron chi connectivity index (χ0n) is 15.2. The first-order chi connectivity index (χ1) is 13.9. The molecule has 0 aliphatic heterocycles. The van der Waals surface area contributed by atoms with Crippen molar-refractivity contribution in [3.63, 3.8) is 0 Å². The molecule has 3 aromatic carbocycles. The second kappa shape index (κ2) is 9.65. The summed E-state index contributed by atoms with van der Waals surface area (Å²) in [6.07, 6.45) is 0.973. The van der Waals surface area contributed by atoms with Crippen molar-refractivity contribution in [2.45, 2.75) is 0 Å². The molecule has 0 saturated heterocycles. The number of aliphatic imine (C=N–C) groups is 1. The lowest BCUT2D eigenvalue weighted by Gasteiger charge is -2.11. The molecule has 1 amide bonds. The van der Waals surface area contributed by atoms with E-state index in [1.165, 1.54) is 7.11 Å². The maximum Gasteiger partial charge on any atom is 0.417 e. The molecule has 3 aromatic rings. The Balaban J connectivity index is 1.71. The van der Waals surface area contributed by atoms with Crippen molar-refractivity contribution in [2.24, 2.45) is 4.99 Å². The summed E-state index contributed by atoms with van der Waals surface area (Å²) in [7, 11) is 1.48. The Bertz CT molecular complexity index is 1070. The summed E-state index contributed by atoms with van der Waals surface area (Å²) in [6.45, 7) is 0. The average Bonchev–Trinajstić information content (AvgIpc) is 2.69. The van der Waals surface area contributed by atoms with Crippen LogP contribution in [0.15, 0.2) is 65.7 Å². The molecule has 3 rings (SSSR count). The zero-order chi connectivity index (χ0) is 20.8. The van der Waals surface area contributed by atoms with Crippen molar-refractivity contribution in [2.75, 3.05) is 12.4 Å². The topological polar surface area (TPSA) is 59.9 Å². The Morgan fingerprint density at radius 1 is 0.966 bits per heavy atom. The molecule has 148 valence electrons. The molecule has 0 aliphatic rings. The number of nitrogens with one attached hydrogen (secondary N) is 1. The van der Waals surface area contributed by atoms with Gasteiger partial charge in [-0.2, -0.15) is 0 Å². The highest BCUT2D eigenvalue weighted by atomic mass is 35.5. The lowest BCUT2D eigenvalue weighted by Crippen LogP contribution is -2.17. The van der Waals surface area contributed by atoms with Gasteiger partial charge in [0.1, 0.15) is 0 Å². The molecular weight excluding hydrogens is 435 g/mol. The minimum atomic E-state index is -0.664. The summed E-state index contributed by atoms with van der Waals surface area (Å²) in [5.41, 5.74) is 1.92. The van der Waals surface area contributed by atoms with Gasteiger partial charge >= 0.3 is 6.09 Å². The Morgan fingerprint density at radius 3 is 2.52 bits per heavy atom. The summed E-state index contributed by atoms with van der Waals surface area (Å²) in [5.74, 6) is 0.642. The van der Waals surface area contributed by atoms with Gasteiger partial charge in [0, 0.05) is 16.9 Å². The van der Waals surface area contributed by atoms with E-state index in [2.05, 4.69) is 10.3 Å². The van der Waals surface area contributed by atoms with E-state index in [0.717, 1.165) is 5.56 Å². The number of methoxy groups -OCH3 is 1. The molecule has 0 aliphatic carbocycles. The maximum absolute atomic E-state index is 12.1. The molecule has 0 fully saturated rings. The molecule has 0 radical (unpaired) electrons. The van der Waals surface area contributed by atoms with Crippen molar-refractivity contribution in [3.8, 4) is 11.5 Å². The van der Waals surface area contributed by atoms with E-state index in [1.54, 1.807) is 66.9 Å². The first-order valence-corrected chi connectivity index (χ1v) is 9.49. The summed E-state index contributed by atoms with van der Waals surface area (Å²) in [5, 5.41) is 4.00. The van der Waals surface area contributed by atoms with Crippen molar-refractivity contribution in [1.82, 2.24) is 0 Å². The van der Waals surface area contributed by atoms with Crippen LogP contribution in [0.4, 0.5) is 16.2 Å². The third-order valence-corrected chi connectivity index (χ3v) is 4.70. The van der Waals surface area contributed by atoms with E-state index in [0.29, 0.717) is 32.2 Å². The van der Waals surface area contributed by atoms with Gasteiger partial charge in [-0.3, -0.25) is 10.3 Å². The number of ether oxygens (including phenoxy) is 2. The van der Waals surface area contributed by atoms with Gasteiger partial charge in [-0.05, 0) is 60.2 Å². The van der Waals surface area contributed by atoms with Gasteiger partial charge in [-0.25, -0.2) is 4.79 Å². The first kappa shape index (κ1) is 21.0. The van der Waals surface area contributed by atoms with E-state index >= 15 is 0 Å². The van der Waals surface area contributed by atoms with Crippen LogP contribution in [0.3, 0.4) is 0 Å². The fourth-order valence-electron chi connectivity index (χ4n) is 2.37. The van der Waals surface area contributed by atoms with Crippen LogP contribution in [-0.4, -0.2) is 19.4 Å². The van der Waals surface area contributed by atoms with Crippen LogP contribution < -0.4 is 14.8 Å². The summed E-state index contributed by atoms with van der Waals surface area (Å²) < 4.78 is 10.6. The highest BCUT2D eigenvalue weighted by Gasteiger charge is 2.11. The van der Waals surface area contributed by atoms with Crippen molar-refractivity contribution in [3.05, 3.63) is 81.3 Å². The molecule has 5 nitrogen and oxygen atoms in total. The van der Waals surface area contributed by atoms with Crippen molar-refractivity contribution in [1.29, 1.82) is 0 Å². The number of carbonyl (C=O) groups is 1. The minimum Gasteiger partial charge on any atom is -0.493 e. The van der Waals surface area contributed by atoms with E-state index in [1.807, 2.05) is 0 Å². The lowest BCUT2D eigenvalue weighted by molar-refractivity contribution is 0.213. The Hall–Kier alpha value is -2.73. The Labute approximate surface area is 182 Å². The standard InChI is InChI=1S/C21H15Cl3N2O3/c1-28-20-9-13(12-25-15-6-7-17(23)18(24)11-15)5-8-19(20)29-21(27)26-16-4-2-3-14(22)10-16/h2-12H,1H3,(H,26,27). The minimum absolute atomic E-state index is 0.263. The smallest absolute Gasteiger partial charge is 0.417 e. The fourth-order valence-corrected chi connectivity index (χ4v) is 2.86. The largest absolute Gasteiger partial charge is 0.493 e. The van der Waals surface area contributed by atoms with Gasteiger partial charge in [0.25, 0.3) is 0 Å². The number of hydrogen-bond acceptors (Lipinski definition) is 4. The Kier molecular flexibility index (Phi) is 6.99. The number of hydrogen-bond donors (Lipinski definition) is 1. The molecule has 0 unspecified atom stereocenters. The molecule has 8 heteroatoms. The van der Waals surface area contributed by atoms with E-state index in [-0.39, 0.29) is 5.75 Å². The van der Waals surface area contributed by atoms with Crippen LogP contribution >= 0.6 is 34.8 Å². The molecule has 1 N–H and O–H groups in total. The number of carbonyl (C=O) groups excluding carboxylic acids is 1. The van der Waals surface area contributed by atoms with Crippen LogP contribution in [0, 0.1) is 0 Å². The second-order valence-corrected chi connectivity index (χ2v) is 7.04. The lowest BCUT2D eigenvalue weighted by atomic mass is 10.2. The average molecular weight is 450 g/mol. The van der Waals surface area contributed by atoms with Gasteiger partial charge in [-0.1, -0.05) is 40.9 Å². The van der Waals surface area contributed by atoms with Crippen LogP contribution in [0.5, 0.6) is 11.5 Å². The van der Waals surface area contributed by atoms with Crippen LogP contribution in [0.25, 0.3) is 0 Å². The maximum atomic E-state index is 12.1. The molecule has 29 heavy (non-hydrogen) atoms. The number of rotatable bonds is 5. The number of benzene rings is 3. The molecule has 0 atom stereocenters. The summed E-state index contributed by atoms with van der Waals surface area (Å²) in [4.78, 5) is 16.5. The molecular formula is C21H15Cl3N2O3. The molecule has 0 aromatic heterocycles. The SMILES string of the molecule is COc1cc(C=Nc2ccc(Cl)c(Cl)c2)ccc1OC(=O)Nc1cccc(Cl)c1. The predicted molar refractivity (Wildman–Crippen MR) is 118 cm³/mol. The van der Waals surface area contributed by atoms with Crippen LogP contribution in [0.2, 0.25) is 15.1 Å². The highest BCUT2D eigenvalue weighted by molar-refractivity contribution is 6.42. The predicted octanol–water partition coefficient (Wildman–Crippen LogP) is 7.02. The molecule has 0 heterocycles. The fraction of sp³-hybridized carbons (Fsp3) is 0.0476. The summed E-state index contributed by atoms with van der Waals surface area (Å²) in [6, 6.07) is 16.9. The second-order valence-electron chi connectivity index (χ2n) is 5.79. The monoisotopic (exact) mass is 448 g/mol. The molecule has 0 bridgehead atoms. The Morgan fingerprint density at radius 2 is 1.79 bits per heavy atom. The number of amides is 1. The van der Waals surface area contributed by atoms with Gasteiger partial charge in [0.05, 0.1) is 22.8 Å². The van der Waals surface area contributed by atoms with Crippen LogP contribution in [-0.2, 0) is 0 Å². The van der Waals surface area contributed by atoms with Crippen molar-refractivity contribution < 1.29 is 14.3 Å². The molecule has 0 saturated carbocycles. The zero-order valence-corrected chi connectivity index (χ0v) is 17.4. The van der Waals surface area contributed by atoms with Gasteiger partial charge < -0.3 is 9.47 Å². The number of anilines is 1. The third kappa shape index (κ3) is 5.87. The van der Waals surface area contributed by atoms with Crippen LogP contribution in [0.1, 0.15) is 5.56 Å². The van der Waals surface area contributed by atoms with Gasteiger partial charge in [-0.15, -0.1) is 0 Å². The number of nitrogens with zero attached hydrogens (tertiary/aromatic N) is 1. The molecule has 0 spiro atoms. The van der Waals surface area contributed by atoms with Gasteiger partial charge in [0.2, 0.25) is 0 Å². The number of halogens is 3.